The molecule has 0 amide bonds. The van der Waals surface area contributed by atoms with E-state index in [0.717, 1.165) is 39.3 Å². The Morgan fingerprint density at radius 1 is 1.19 bits per heavy atom. The zero-order chi connectivity index (χ0) is 22.3. The van der Waals surface area contributed by atoms with Crippen molar-refractivity contribution in [1.29, 1.82) is 5.26 Å². The van der Waals surface area contributed by atoms with Crippen LogP contribution in [0.25, 0.3) is 11.5 Å². The second-order valence-electron chi connectivity index (χ2n) is 7.16. The number of rotatable bonds is 10. The molecule has 1 N–H and O–H groups in total. The molecule has 2 aromatic rings. The quantitative estimate of drug-likeness (QED) is 0.553. The summed E-state index contributed by atoms with van der Waals surface area (Å²) in [5, 5.41) is 12.5. The first-order valence-corrected chi connectivity index (χ1v) is 12.0. The van der Waals surface area contributed by atoms with Crippen LogP contribution < -0.4 is 5.32 Å². The predicted octanol–water partition coefficient (Wildman–Crippen LogP) is 2.38. The van der Waals surface area contributed by atoms with E-state index >= 15 is 0 Å². The number of ether oxygens (including phenoxy) is 1. The van der Waals surface area contributed by atoms with Gasteiger partial charge in [-0.2, -0.15) is 14.6 Å². The van der Waals surface area contributed by atoms with Crippen LogP contribution >= 0.6 is 0 Å². The van der Waals surface area contributed by atoms with Crippen molar-refractivity contribution >= 4 is 15.9 Å². The zero-order valence-electron chi connectivity index (χ0n) is 18.0. The Bertz CT molecular complexity index is 988. The van der Waals surface area contributed by atoms with Gasteiger partial charge in [0.1, 0.15) is 6.07 Å². The number of hydrogen-bond acceptors (Lipinski definition) is 8. The molecule has 1 fully saturated rings. The number of hydrogen-bond donors (Lipinski definition) is 1. The van der Waals surface area contributed by atoms with E-state index in [9.17, 15) is 13.7 Å². The van der Waals surface area contributed by atoms with E-state index < -0.39 is 10.0 Å². The number of anilines is 1. The minimum Gasteiger partial charge on any atom is -0.419 e. The number of oxazole rings is 1. The second kappa shape index (κ2) is 10.7. The third-order valence-corrected chi connectivity index (χ3v) is 7.28. The molecule has 31 heavy (non-hydrogen) atoms. The van der Waals surface area contributed by atoms with E-state index in [1.54, 1.807) is 26.0 Å². The molecule has 2 heterocycles. The van der Waals surface area contributed by atoms with E-state index in [2.05, 4.69) is 15.2 Å². The summed E-state index contributed by atoms with van der Waals surface area (Å²) in [6.45, 7) is 9.45. The molecule has 0 unspecified atom stereocenters. The third kappa shape index (κ3) is 5.62. The lowest BCUT2D eigenvalue weighted by Crippen LogP contribution is -2.37. The fourth-order valence-corrected chi connectivity index (χ4v) is 4.91. The highest BCUT2D eigenvalue weighted by molar-refractivity contribution is 7.89. The first kappa shape index (κ1) is 23.2. The predicted molar refractivity (Wildman–Crippen MR) is 117 cm³/mol. The SMILES string of the molecule is CCN(CC)S(=O)(=O)c1ccc(-c2nc(C#N)c(NCCCN3CCOCC3)o2)cc1. The van der Waals surface area contributed by atoms with Crippen molar-refractivity contribution in [2.45, 2.75) is 25.2 Å². The normalized spacial score (nSPS) is 15.2. The number of benzene rings is 1. The Morgan fingerprint density at radius 3 is 2.48 bits per heavy atom. The summed E-state index contributed by atoms with van der Waals surface area (Å²) in [7, 11) is -3.53. The monoisotopic (exact) mass is 447 g/mol. The van der Waals surface area contributed by atoms with Crippen molar-refractivity contribution in [2.24, 2.45) is 0 Å². The van der Waals surface area contributed by atoms with Gasteiger partial charge in [0.05, 0.1) is 18.1 Å². The van der Waals surface area contributed by atoms with Gasteiger partial charge in [0.2, 0.25) is 27.5 Å². The van der Waals surface area contributed by atoms with E-state index in [-0.39, 0.29) is 16.5 Å². The lowest BCUT2D eigenvalue weighted by atomic mass is 10.2. The molecule has 168 valence electrons. The lowest BCUT2D eigenvalue weighted by molar-refractivity contribution is 0.0378. The molecule has 0 atom stereocenters. The Labute approximate surface area is 183 Å². The van der Waals surface area contributed by atoms with Crippen LogP contribution in [0.3, 0.4) is 0 Å². The highest BCUT2D eigenvalue weighted by Crippen LogP contribution is 2.27. The highest BCUT2D eigenvalue weighted by Gasteiger charge is 2.22. The summed E-state index contributed by atoms with van der Waals surface area (Å²) in [5.74, 6) is 0.610. The van der Waals surface area contributed by atoms with Crippen molar-refractivity contribution in [3.63, 3.8) is 0 Å². The van der Waals surface area contributed by atoms with Crippen molar-refractivity contribution in [3.05, 3.63) is 30.0 Å². The zero-order valence-corrected chi connectivity index (χ0v) is 18.8. The van der Waals surface area contributed by atoms with Crippen molar-refractivity contribution in [2.75, 3.05) is 57.8 Å². The van der Waals surface area contributed by atoms with Crippen LogP contribution in [0.15, 0.2) is 33.6 Å². The van der Waals surface area contributed by atoms with Crippen molar-refractivity contribution in [3.8, 4) is 17.5 Å². The maximum atomic E-state index is 12.6. The number of morpholine rings is 1. The first-order valence-electron chi connectivity index (χ1n) is 10.5. The Kier molecular flexibility index (Phi) is 8.03. The maximum Gasteiger partial charge on any atom is 0.243 e. The van der Waals surface area contributed by atoms with Gasteiger partial charge in [0.15, 0.2) is 0 Å². The summed E-state index contributed by atoms with van der Waals surface area (Å²) >= 11 is 0. The summed E-state index contributed by atoms with van der Waals surface area (Å²) in [6, 6.07) is 8.41. The van der Waals surface area contributed by atoms with Gasteiger partial charge in [-0.05, 0) is 37.2 Å². The molecule has 3 rings (SSSR count). The molecule has 1 saturated heterocycles. The van der Waals surface area contributed by atoms with Gasteiger partial charge in [-0.15, -0.1) is 0 Å². The number of nitrogens with one attached hydrogen (secondary N) is 1. The van der Waals surface area contributed by atoms with E-state index in [1.807, 2.05) is 6.07 Å². The van der Waals surface area contributed by atoms with Gasteiger partial charge in [-0.1, -0.05) is 13.8 Å². The molecule has 10 heteroatoms. The average molecular weight is 448 g/mol. The number of nitriles is 1. The van der Waals surface area contributed by atoms with Crippen molar-refractivity contribution < 1.29 is 17.6 Å². The van der Waals surface area contributed by atoms with Crippen molar-refractivity contribution in [1.82, 2.24) is 14.2 Å². The lowest BCUT2D eigenvalue weighted by Gasteiger charge is -2.26. The number of aromatic nitrogens is 1. The minimum absolute atomic E-state index is 0.182. The van der Waals surface area contributed by atoms with Gasteiger partial charge in [-0.25, -0.2) is 8.42 Å². The van der Waals surface area contributed by atoms with E-state index in [1.165, 1.54) is 16.4 Å². The van der Waals surface area contributed by atoms with Gasteiger partial charge < -0.3 is 14.5 Å². The second-order valence-corrected chi connectivity index (χ2v) is 9.09. The molecule has 0 radical (unpaired) electrons. The molecular weight excluding hydrogens is 418 g/mol. The Hall–Kier alpha value is -2.45. The first-order chi connectivity index (χ1) is 15.0. The Balaban J connectivity index is 1.65. The van der Waals surface area contributed by atoms with Crippen LogP contribution in [0.1, 0.15) is 26.0 Å². The molecule has 1 aliphatic rings. The molecule has 0 aliphatic carbocycles. The number of nitrogens with zero attached hydrogens (tertiary/aromatic N) is 4. The highest BCUT2D eigenvalue weighted by atomic mass is 32.2. The number of sulfonamides is 1. The molecule has 0 saturated carbocycles. The van der Waals surface area contributed by atoms with Crippen LogP contribution in [-0.4, -0.2) is 75.1 Å². The smallest absolute Gasteiger partial charge is 0.243 e. The van der Waals surface area contributed by atoms with Gasteiger partial charge >= 0.3 is 0 Å². The van der Waals surface area contributed by atoms with E-state index in [0.29, 0.717) is 31.1 Å². The van der Waals surface area contributed by atoms with Gasteiger partial charge in [0, 0.05) is 38.3 Å². The fraction of sp³-hybridized carbons (Fsp3) is 0.524. The maximum absolute atomic E-state index is 12.6. The largest absolute Gasteiger partial charge is 0.419 e. The van der Waals surface area contributed by atoms with Gasteiger partial charge in [0.25, 0.3) is 0 Å². The fourth-order valence-electron chi connectivity index (χ4n) is 3.45. The minimum atomic E-state index is -3.53. The van der Waals surface area contributed by atoms with Crippen LogP contribution in [0, 0.1) is 11.3 Å². The summed E-state index contributed by atoms with van der Waals surface area (Å²) in [6.07, 6.45) is 0.902. The van der Waals surface area contributed by atoms with Crippen LogP contribution in [0.4, 0.5) is 5.88 Å². The van der Waals surface area contributed by atoms with E-state index in [4.69, 9.17) is 9.15 Å². The van der Waals surface area contributed by atoms with Crippen LogP contribution in [0.2, 0.25) is 0 Å². The Morgan fingerprint density at radius 2 is 1.87 bits per heavy atom. The molecule has 1 aromatic carbocycles. The summed E-state index contributed by atoms with van der Waals surface area (Å²) in [5.41, 5.74) is 0.789. The molecule has 0 spiro atoms. The summed E-state index contributed by atoms with van der Waals surface area (Å²) < 4.78 is 37.8. The van der Waals surface area contributed by atoms with Crippen LogP contribution in [0.5, 0.6) is 0 Å². The standard InChI is InChI=1S/C21H29N5O4S/c1-3-26(4-2)31(27,28)18-8-6-17(7-9-18)20-24-19(16-22)21(30-20)23-10-5-11-25-12-14-29-15-13-25/h6-9,23H,3-5,10-15H2,1-2H3. The van der Waals surface area contributed by atoms with Crippen LogP contribution in [-0.2, 0) is 14.8 Å². The topological polar surface area (TPSA) is 112 Å². The molecule has 9 nitrogen and oxygen atoms in total. The molecular formula is C21H29N5O4S. The third-order valence-electron chi connectivity index (χ3n) is 5.22. The molecule has 1 aliphatic heterocycles. The summed E-state index contributed by atoms with van der Waals surface area (Å²) in [4.78, 5) is 6.81. The average Bonchev–Trinajstić information content (AvgIpc) is 3.21. The molecule has 1 aromatic heterocycles. The van der Waals surface area contributed by atoms with Gasteiger partial charge in [-0.3, -0.25) is 4.90 Å². The molecule has 0 bridgehead atoms.